The maximum Gasteiger partial charge on any atom is 0.242 e. The van der Waals surface area contributed by atoms with Crippen molar-refractivity contribution in [2.45, 2.75) is 0 Å². The number of halogens is 2. The van der Waals surface area contributed by atoms with Gasteiger partial charge in [0, 0.05) is 5.69 Å². The topological polar surface area (TPSA) is 20.3 Å². The van der Waals surface area contributed by atoms with E-state index in [1.54, 1.807) is 0 Å². The van der Waals surface area contributed by atoms with Crippen LogP contribution in [0.5, 0.6) is 0 Å². The second kappa shape index (κ2) is 5.38. The number of carbonyl (C=O) groups excluding carboxylic acids is 1. The molecule has 1 aromatic carbocycles. The first-order valence-electron chi connectivity index (χ1n) is 4.24. The summed E-state index contributed by atoms with van der Waals surface area (Å²) in [5.74, 6) is 1.53. The Morgan fingerprint density at radius 1 is 1.47 bits per heavy atom. The van der Waals surface area contributed by atoms with Crippen molar-refractivity contribution in [3.05, 3.63) is 30.1 Å². The molecule has 0 saturated heterocycles. The van der Waals surface area contributed by atoms with Crippen LogP contribution in [-0.4, -0.2) is 18.3 Å². The van der Waals surface area contributed by atoms with E-state index >= 15 is 0 Å². The van der Waals surface area contributed by atoms with Gasteiger partial charge in [-0.2, -0.15) is 0 Å². The summed E-state index contributed by atoms with van der Waals surface area (Å²) in [6, 6.07) is 5.50. The molecule has 0 atom stereocenters. The van der Waals surface area contributed by atoms with Crippen LogP contribution < -0.4 is 4.90 Å². The lowest BCUT2D eigenvalue weighted by Crippen LogP contribution is -2.32. The molecule has 15 heavy (non-hydrogen) atoms. The molecule has 0 radical (unpaired) electrons. The van der Waals surface area contributed by atoms with Crippen LogP contribution in [0.2, 0.25) is 0 Å². The van der Waals surface area contributed by atoms with Crippen LogP contribution in [0.15, 0.2) is 24.3 Å². The van der Waals surface area contributed by atoms with Crippen molar-refractivity contribution in [1.82, 2.24) is 0 Å². The third-order valence-electron chi connectivity index (χ3n) is 1.80. The lowest BCUT2D eigenvalue weighted by atomic mass is 10.2. The Balaban J connectivity index is 2.94. The zero-order chi connectivity index (χ0) is 11.3. The fraction of sp³-hybridized carbons (Fsp3) is 0.182. The number of hydrogen-bond donors (Lipinski definition) is 0. The SMILES string of the molecule is C#CCN(C(=O)CCl)c1ccc(F)cc1. The third-order valence-corrected chi connectivity index (χ3v) is 2.03. The fourth-order valence-electron chi connectivity index (χ4n) is 1.11. The number of terminal acetylenes is 1. The van der Waals surface area contributed by atoms with Crippen LogP contribution in [0.4, 0.5) is 10.1 Å². The van der Waals surface area contributed by atoms with Crippen LogP contribution in [0.25, 0.3) is 0 Å². The van der Waals surface area contributed by atoms with Gasteiger partial charge in [0.15, 0.2) is 0 Å². The number of benzene rings is 1. The van der Waals surface area contributed by atoms with Crippen molar-refractivity contribution < 1.29 is 9.18 Å². The highest BCUT2D eigenvalue weighted by Gasteiger charge is 2.12. The Morgan fingerprint density at radius 2 is 2.07 bits per heavy atom. The van der Waals surface area contributed by atoms with Crippen molar-refractivity contribution in [3.8, 4) is 12.3 Å². The monoisotopic (exact) mass is 225 g/mol. The van der Waals surface area contributed by atoms with Crippen LogP contribution in [0, 0.1) is 18.2 Å². The second-order valence-corrected chi connectivity index (χ2v) is 3.06. The van der Waals surface area contributed by atoms with E-state index in [2.05, 4.69) is 5.92 Å². The summed E-state index contributed by atoms with van der Waals surface area (Å²) in [6.45, 7) is 0.122. The number of hydrogen-bond acceptors (Lipinski definition) is 1. The van der Waals surface area contributed by atoms with E-state index in [0.29, 0.717) is 5.69 Å². The van der Waals surface area contributed by atoms with Gasteiger partial charge in [-0.1, -0.05) is 5.92 Å². The first-order valence-corrected chi connectivity index (χ1v) is 4.78. The summed E-state index contributed by atoms with van der Waals surface area (Å²) in [6.07, 6.45) is 5.13. The van der Waals surface area contributed by atoms with Crippen molar-refractivity contribution in [2.24, 2.45) is 0 Å². The maximum absolute atomic E-state index is 12.6. The van der Waals surface area contributed by atoms with Gasteiger partial charge >= 0.3 is 0 Å². The van der Waals surface area contributed by atoms with E-state index < -0.39 is 0 Å². The summed E-state index contributed by atoms with van der Waals surface area (Å²) < 4.78 is 12.6. The van der Waals surface area contributed by atoms with E-state index in [0.717, 1.165) is 0 Å². The molecular formula is C11H9ClFNO. The van der Waals surface area contributed by atoms with Crippen molar-refractivity contribution in [1.29, 1.82) is 0 Å². The standard InChI is InChI=1S/C11H9ClFNO/c1-2-7-14(11(15)8-12)10-5-3-9(13)4-6-10/h1,3-6H,7-8H2. The highest BCUT2D eigenvalue weighted by atomic mass is 35.5. The Kier molecular flexibility index (Phi) is 4.14. The molecule has 0 aliphatic carbocycles. The Hall–Kier alpha value is -1.53. The smallest absolute Gasteiger partial charge is 0.242 e. The Bertz CT molecular complexity index is 383. The minimum absolute atomic E-state index is 0.122. The third kappa shape index (κ3) is 2.97. The fourth-order valence-corrected chi connectivity index (χ4v) is 1.25. The summed E-state index contributed by atoms with van der Waals surface area (Å²) in [5.41, 5.74) is 0.542. The number of amides is 1. The first-order chi connectivity index (χ1) is 7.19. The molecule has 0 fully saturated rings. The highest BCUT2D eigenvalue weighted by Crippen LogP contribution is 2.14. The van der Waals surface area contributed by atoms with Gasteiger partial charge in [0.2, 0.25) is 5.91 Å². The number of nitrogens with zero attached hydrogens (tertiary/aromatic N) is 1. The minimum Gasteiger partial charge on any atom is -0.300 e. The largest absolute Gasteiger partial charge is 0.300 e. The van der Waals surface area contributed by atoms with Crippen LogP contribution in [0.3, 0.4) is 0 Å². The van der Waals surface area contributed by atoms with Gasteiger partial charge in [0.05, 0.1) is 6.54 Å². The number of alkyl halides is 1. The van der Waals surface area contributed by atoms with Crippen molar-refractivity contribution in [3.63, 3.8) is 0 Å². The van der Waals surface area contributed by atoms with Crippen molar-refractivity contribution in [2.75, 3.05) is 17.3 Å². The lowest BCUT2D eigenvalue weighted by molar-refractivity contribution is -0.116. The number of anilines is 1. The molecule has 1 rings (SSSR count). The molecule has 0 aliphatic rings. The summed E-state index contributed by atoms with van der Waals surface area (Å²) >= 11 is 5.43. The Morgan fingerprint density at radius 3 is 2.53 bits per heavy atom. The van der Waals surface area contributed by atoms with E-state index in [-0.39, 0.29) is 24.1 Å². The maximum atomic E-state index is 12.6. The van der Waals surface area contributed by atoms with Gasteiger partial charge in [-0.15, -0.1) is 18.0 Å². The Labute approximate surface area is 92.6 Å². The van der Waals surface area contributed by atoms with E-state index in [9.17, 15) is 9.18 Å². The van der Waals surface area contributed by atoms with Crippen LogP contribution in [0.1, 0.15) is 0 Å². The first kappa shape index (κ1) is 11.5. The molecule has 1 aromatic rings. The average Bonchev–Trinajstić information content (AvgIpc) is 2.26. The van der Waals surface area contributed by atoms with E-state index in [4.69, 9.17) is 18.0 Å². The molecule has 0 N–H and O–H groups in total. The molecule has 2 nitrogen and oxygen atoms in total. The molecule has 1 amide bonds. The average molecular weight is 226 g/mol. The predicted octanol–water partition coefficient (Wildman–Crippen LogP) is 2.03. The zero-order valence-electron chi connectivity index (χ0n) is 7.91. The molecule has 4 heteroatoms. The van der Waals surface area contributed by atoms with Crippen molar-refractivity contribution >= 4 is 23.2 Å². The van der Waals surface area contributed by atoms with E-state index in [1.807, 2.05) is 0 Å². The van der Waals surface area contributed by atoms with Gasteiger partial charge in [-0.3, -0.25) is 9.69 Å². The summed E-state index contributed by atoms with van der Waals surface area (Å²) in [4.78, 5) is 12.7. The van der Waals surface area contributed by atoms with E-state index in [1.165, 1.54) is 29.2 Å². The molecule has 0 spiro atoms. The number of rotatable bonds is 3. The van der Waals surface area contributed by atoms with Gasteiger partial charge in [-0.05, 0) is 24.3 Å². The van der Waals surface area contributed by atoms with Gasteiger partial charge in [0.25, 0.3) is 0 Å². The highest BCUT2D eigenvalue weighted by molar-refractivity contribution is 6.29. The van der Waals surface area contributed by atoms with Crippen LogP contribution >= 0.6 is 11.6 Å². The van der Waals surface area contributed by atoms with Crippen LogP contribution in [-0.2, 0) is 4.79 Å². The molecular weight excluding hydrogens is 217 g/mol. The number of carbonyl (C=O) groups is 1. The normalized spacial score (nSPS) is 9.40. The van der Waals surface area contributed by atoms with Gasteiger partial charge < -0.3 is 0 Å². The quantitative estimate of drug-likeness (QED) is 0.570. The second-order valence-electron chi connectivity index (χ2n) is 2.79. The lowest BCUT2D eigenvalue weighted by Gasteiger charge is -2.18. The zero-order valence-corrected chi connectivity index (χ0v) is 8.67. The molecule has 0 bridgehead atoms. The summed E-state index contributed by atoms with van der Waals surface area (Å²) in [5, 5.41) is 0. The molecule has 0 saturated carbocycles. The van der Waals surface area contributed by atoms with Gasteiger partial charge in [-0.25, -0.2) is 4.39 Å². The molecule has 0 aromatic heterocycles. The molecule has 0 heterocycles. The molecule has 78 valence electrons. The predicted molar refractivity (Wildman–Crippen MR) is 58.3 cm³/mol. The minimum atomic E-state index is -0.363. The van der Waals surface area contributed by atoms with Gasteiger partial charge in [0.1, 0.15) is 11.7 Å². The molecule has 0 unspecified atom stereocenters. The molecule has 0 aliphatic heterocycles. The summed E-state index contributed by atoms with van der Waals surface area (Å²) in [7, 11) is 0.